The molecule has 0 aromatic rings. The maximum Gasteiger partial charge on any atom is 0.243 e. The van der Waals surface area contributed by atoms with Gasteiger partial charge in [-0.3, -0.25) is 14.5 Å². The summed E-state index contributed by atoms with van der Waals surface area (Å²) in [5, 5.41) is 0.181. The first-order valence-corrected chi connectivity index (χ1v) is 14.4. The van der Waals surface area contributed by atoms with Crippen molar-refractivity contribution in [2.45, 2.75) is 147 Å². The van der Waals surface area contributed by atoms with Gasteiger partial charge in [0.1, 0.15) is 0 Å². The SMILES string of the molecule is BC(=O)C(C)(C)CC(C)(C)N1C(=O)CC(SC(CCCCCCC)CCCCCCC)C1=O. The Hall–Kier alpha value is -0.775. The zero-order valence-corrected chi connectivity index (χ0v) is 23.5. The van der Waals surface area contributed by atoms with E-state index in [9.17, 15) is 14.4 Å². The topological polar surface area (TPSA) is 54.5 Å². The van der Waals surface area contributed by atoms with E-state index in [1.54, 1.807) is 19.6 Å². The highest BCUT2D eigenvalue weighted by atomic mass is 32.2. The molecular weight excluding hydrogens is 429 g/mol. The largest absolute Gasteiger partial charge is 0.311 e. The van der Waals surface area contributed by atoms with Gasteiger partial charge in [-0.1, -0.05) is 91.9 Å². The number of amides is 2. The molecule has 0 spiro atoms. The van der Waals surface area contributed by atoms with Crippen LogP contribution in [0.1, 0.15) is 131 Å². The summed E-state index contributed by atoms with van der Waals surface area (Å²) >= 11 is 1.76. The number of nitrogens with zero attached hydrogens (tertiary/aromatic N) is 1. The van der Waals surface area contributed by atoms with Gasteiger partial charge < -0.3 is 4.79 Å². The number of carbonyl (C=O) groups excluding carboxylic acids is 3. The second-order valence-corrected chi connectivity index (χ2v) is 12.9. The minimum atomic E-state index is -0.658. The fourth-order valence-electron chi connectivity index (χ4n) is 5.10. The van der Waals surface area contributed by atoms with Gasteiger partial charge in [-0.2, -0.15) is 0 Å². The van der Waals surface area contributed by atoms with E-state index in [0.717, 1.165) is 12.8 Å². The molecule has 4 nitrogen and oxygen atoms in total. The van der Waals surface area contributed by atoms with Gasteiger partial charge in [-0.25, -0.2) is 0 Å². The molecule has 2 amide bonds. The molecule has 1 unspecified atom stereocenters. The van der Waals surface area contributed by atoms with Crippen LogP contribution < -0.4 is 0 Å². The molecule has 0 radical (unpaired) electrons. The molecule has 1 heterocycles. The lowest BCUT2D eigenvalue weighted by atomic mass is 9.70. The highest BCUT2D eigenvalue weighted by Gasteiger charge is 2.48. The summed E-state index contributed by atoms with van der Waals surface area (Å²) in [6.45, 7) is 12.1. The fraction of sp³-hybridized carbons (Fsp3) is 0.889. The van der Waals surface area contributed by atoms with Gasteiger partial charge in [-0.05, 0) is 33.1 Å². The molecule has 1 rings (SSSR count). The molecule has 0 aromatic heterocycles. The van der Waals surface area contributed by atoms with Crippen LogP contribution >= 0.6 is 11.8 Å². The zero-order valence-electron chi connectivity index (χ0n) is 22.6. The predicted octanol–water partition coefficient (Wildman–Crippen LogP) is 6.29. The first-order chi connectivity index (χ1) is 15.5. The lowest BCUT2D eigenvalue weighted by molar-refractivity contribution is -0.146. The second-order valence-electron chi connectivity index (χ2n) is 11.4. The highest BCUT2D eigenvalue weighted by molar-refractivity contribution is 8.01. The monoisotopic (exact) mass is 479 g/mol. The van der Waals surface area contributed by atoms with Crippen molar-refractivity contribution < 1.29 is 14.4 Å². The van der Waals surface area contributed by atoms with Crippen molar-refractivity contribution in [1.29, 1.82) is 0 Å². The number of unbranched alkanes of at least 4 members (excludes halogenated alkanes) is 8. The summed E-state index contributed by atoms with van der Waals surface area (Å²) in [5.41, 5.74) is -1.13. The van der Waals surface area contributed by atoms with Crippen molar-refractivity contribution >= 4 is 37.1 Å². The lowest BCUT2D eigenvalue weighted by Crippen LogP contribution is -2.51. The minimum Gasteiger partial charge on any atom is -0.311 e. The first kappa shape index (κ1) is 30.3. The molecule has 1 saturated heterocycles. The number of hydrogen-bond acceptors (Lipinski definition) is 4. The molecule has 0 aliphatic carbocycles. The van der Waals surface area contributed by atoms with Crippen molar-refractivity contribution in [1.82, 2.24) is 4.90 Å². The molecule has 6 heteroatoms. The first-order valence-electron chi connectivity index (χ1n) is 13.5. The Kier molecular flexibility index (Phi) is 13.4. The molecule has 0 aromatic carbocycles. The third-order valence-corrected chi connectivity index (χ3v) is 8.71. The maximum absolute atomic E-state index is 13.4. The molecule has 0 N–H and O–H groups in total. The predicted molar refractivity (Wildman–Crippen MR) is 144 cm³/mol. The average molecular weight is 480 g/mol. The van der Waals surface area contributed by atoms with E-state index in [1.165, 1.54) is 69.1 Å². The smallest absolute Gasteiger partial charge is 0.243 e. The van der Waals surface area contributed by atoms with E-state index in [0.29, 0.717) is 18.1 Å². The van der Waals surface area contributed by atoms with Crippen LogP contribution in [0.4, 0.5) is 0 Å². The molecule has 1 aliphatic rings. The van der Waals surface area contributed by atoms with E-state index < -0.39 is 11.0 Å². The Morgan fingerprint density at radius 3 is 1.88 bits per heavy atom. The van der Waals surface area contributed by atoms with Gasteiger partial charge in [0.05, 0.1) is 10.9 Å². The van der Waals surface area contributed by atoms with Crippen molar-refractivity contribution in [2.75, 3.05) is 0 Å². The van der Waals surface area contributed by atoms with Crippen LogP contribution in [0.5, 0.6) is 0 Å². The normalized spacial score (nSPS) is 17.4. The van der Waals surface area contributed by atoms with E-state index in [-0.39, 0.29) is 22.7 Å². The summed E-state index contributed by atoms with van der Waals surface area (Å²) in [6.07, 6.45) is 15.7. The number of rotatable bonds is 18. The molecule has 0 bridgehead atoms. The third kappa shape index (κ3) is 10.2. The van der Waals surface area contributed by atoms with Gasteiger partial charge in [0.15, 0.2) is 7.85 Å². The summed E-state index contributed by atoms with van der Waals surface area (Å²) in [7, 11) is 1.59. The number of imide groups is 1. The Labute approximate surface area is 209 Å². The van der Waals surface area contributed by atoms with Crippen molar-refractivity contribution in [3.05, 3.63) is 0 Å². The summed E-state index contributed by atoms with van der Waals surface area (Å²) in [4.78, 5) is 39.9. The van der Waals surface area contributed by atoms with Gasteiger partial charge in [-0.15, -0.1) is 11.8 Å². The van der Waals surface area contributed by atoms with Crippen LogP contribution in [-0.2, 0) is 14.4 Å². The maximum atomic E-state index is 13.4. The van der Waals surface area contributed by atoms with Gasteiger partial charge >= 0.3 is 0 Å². The summed E-state index contributed by atoms with van der Waals surface area (Å²) in [6, 6.07) is 0. The number of hydrogen-bond donors (Lipinski definition) is 0. The molecule has 1 aliphatic heterocycles. The molecule has 1 fully saturated rings. The van der Waals surface area contributed by atoms with Crippen LogP contribution in [0.15, 0.2) is 0 Å². The van der Waals surface area contributed by atoms with Gasteiger partial charge in [0.25, 0.3) is 0 Å². The molecular formula is C27H50BNO3S. The van der Waals surface area contributed by atoms with Gasteiger partial charge in [0, 0.05) is 22.6 Å². The zero-order chi connectivity index (χ0) is 25.1. The van der Waals surface area contributed by atoms with Crippen molar-refractivity contribution in [3.63, 3.8) is 0 Å². The van der Waals surface area contributed by atoms with Crippen LogP contribution in [0.3, 0.4) is 0 Å². The fourth-order valence-corrected chi connectivity index (χ4v) is 6.63. The summed E-state index contributed by atoms with van der Waals surface area (Å²) < 4.78 is 0. The van der Waals surface area contributed by atoms with E-state index in [1.807, 2.05) is 27.7 Å². The molecule has 0 saturated carbocycles. The second kappa shape index (κ2) is 14.6. The number of carbonyl (C=O) groups is 3. The van der Waals surface area contributed by atoms with Crippen LogP contribution in [0.2, 0.25) is 0 Å². The number of thioether (sulfide) groups is 1. The van der Waals surface area contributed by atoms with Gasteiger partial charge in [0.2, 0.25) is 11.8 Å². The van der Waals surface area contributed by atoms with E-state index in [2.05, 4.69) is 13.8 Å². The van der Waals surface area contributed by atoms with E-state index in [4.69, 9.17) is 0 Å². The van der Waals surface area contributed by atoms with Crippen molar-refractivity contribution in [2.24, 2.45) is 5.41 Å². The Balaban J connectivity index is 2.78. The standard InChI is InChI=1S/C27H50BNO3S/c1-7-9-11-13-15-17-21(18-16-14-12-10-8-2)33-22-19-23(30)29(24(22)31)27(5,6)20-26(3,4)25(28)32/h21-22H,7-20,28H2,1-6H3. The lowest BCUT2D eigenvalue weighted by Gasteiger charge is -2.39. The van der Waals surface area contributed by atoms with Crippen LogP contribution in [0, 0.1) is 5.41 Å². The molecule has 190 valence electrons. The average Bonchev–Trinajstić information content (AvgIpc) is 3.00. The summed E-state index contributed by atoms with van der Waals surface area (Å²) in [5.74, 6) is -0.122. The molecule has 33 heavy (non-hydrogen) atoms. The Bertz CT molecular complexity index is 621. The highest BCUT2D eigenvalue weighted by Crippen LogP contribution is 2.39. The van der Waals surface area contributed by atoms with Crippen LogP contribution in [0.25, 0.3) is 0 Å². The minimum absolute atomic E-state index is 0.0451. The van der Waals surface area contributed by atoms with Crippen molar-refractivity contribution in [3.8, 4) is 0 Å². The Morgan fingerprint density at radius 1 is 0.939 bits per heavy atom. The molecule has 1 atom stereocenters. The Morgan fingerprint density at radius 2 is 1.42 bits per heavy atom. The van der Waals surface area contributed by atoms with Crippen LogP contribution in [-0.4, -0.2) is 46.3 Å². The van der Waals surface area contributed by atoms with E-state index >= 15 is 0 Å². The number of likely N-dealkylation sites (tertiary alicyclic amines) is 1. The quantitative estimate of drug-likeness (QED) is 0.132. The third-order valence-electron chi connectivity index (χ3n) is 7.15.